The Balaban J connectivity index is 2.18. The van der Waals surface area contributed by atoms with E-state index in [1.54, 1.807) is 7.11 Å². The van der Waals surface area contributed by atoms with Crippen LogP contribution in [0.5, 0.6) is 5.75 Å². The first kappa shape index (κ1) is 14.1. The molecule has 1 fully saturated rings. The van der Waals surface area contributed by atoms with E-state index in [4.69, 9.17) is 4.74 Å². The third kappa shape index (κ3) is 3.36. The van der Waals surface area contributed by atoms with Gasteiger partial charge in [-0.2, -0.15) is 5.26 Å². The molecule has 4 heteroatoms. The van der Waals surface area contributed by atoms with Gasteiger partial charge in [0.05, 0.1) is 35.1 Å². The molecule has 3 atom stereocenters. The van der Waals surface area contributed by atoms with Gasteiger partial charge in [0.15, 0.2) is 0 Å². The highest BCUT2D eigenvalue weighted by atomic mass is 32.2. The molecule has 0 saturated heterocycles. The van der Waals surface area contributed by atoms with Crippen molar-refractivity contribution < 1.29 is 8.95 Å². The first-order chi connectivity index (χ1) is 9.26. The van der Waals surface area contributed by atoms with Crippen LogP contribution >= 0.6 is 0 Å². The third-order valence-electron chi connectivity index (χ3n) is 3.69. The molecular formula is C15H19NO2S. The molecule has 19 heavy (non-hydrogen) atoms. The summed E-state index contributed by atoms with van der Waals surface area (Å²) in [5.41, 5.74) is 0. The average molecular weight is 277 g/mol. The Kier molecular flexibility index (Phi) is 4.98. The second-order valence-corrected chi connectivity index (χ2v) is 6.56. The summed E-state index contributed by atoms with van der Waals surface area (Å²) in [7, 11) is 0.515. The quantitative estimate of drug-likeness (QED) is 0.797. The molecule has 0 radical (unpaired) electrons. The standard InChI is InChI=1S/C15H19NO2S/c1-18-13-7-9-14(10-8-13)19(17)15-6-4-2-3-5-12(15)11-16/h7-10,12,15H,2-6H2,1H3. The summed E-state index contributed by atoms with van der Waals surface area (Å²) in [6, 6.07) is 9.68. The molecule has 1 aromatic rings. The minimum Gasteiger partial charge on any atom is -0.497 e. The maximum absolute atomic E-state index is 12.6. The van der Waals surface area contributed by atoms with Crippen molar-refractivity contribution in [3.63, 3.8) is 0 Å². The molecule has 1 aliphatic rings. The summed E-state index contributed by atoms with van der Waals surface area (Å²) in [6.07, 6.45) is 5.06. The molecule has 1 aliphatic carbocycles. The van der Waals surface area contributed by atoms with Gasteiger partial charge in [0.25, 0.3) is 0 Å². The maximum Gasteiger partial charge on any atom is 0.118 e. The van der Waals surface area contributed by atoms with Crippen molar-refractivity contribution >= 4 is 10.8 Å². The Labute approximate surface area is 117 Å². The van der Waals surface area contributed by atoms with Crippen LogP contribution < -0.4 is 4.74 Å². The monoisotopic (exact) mass is 277 g/mol. The Morgan fingerprint density at radius 1 is 1.21 bits per heavy atom. The minimum absolute atomic E-state index is 0.0269. The highest BCUT2D eigenvalue weighted by molar-refractivity contribution is 7.85. The number of benzene rings is 1. The van der Waals surface area contributed by atoms with E-state index in [1.165, 1.54) is 0 Å². The highest BCUT2D eigenvalue weighted by Gasteiger charge is 2.29. The zero-order valence-electron chi connectivity index (χ0n) is 11.2. The summed E-state index contributed by atoms with van der Waals surface area (Å²) in [6.45, 7) is 0. The van der Waals surface area contributed by atoms with E-state index in [0.717, 1.165) is 42.7 Å². The van der Waals surface area contributed by atoms with Gasteiger partial charge in [0.1, 0.15) is 5.75 Å². The number of nitrogens with zero attached hydrogens (tertiary/aromatic N) is 1. The van der Waals surface area contributed by atoms with Gasteiger partial charge in [-0.25, -0.2) is 0 Å². The van der Waals surface area contributed by atoms with Crippen molar-refractivity contribution in [1.29, 1.82) is 5.26 Å². The van der Waals surface area contributed by atoms with Crippen LogP contribution in [0.25, 0.3) is 0 Å². The van der Waals surface area contributed by atoms with Crippen LogP contribution in [0.4, 0.5) is 0 Å². The summed E-state index contributed by atoms with van der Waals surface area (Å²) in [5.74, 6) is 0.684. The largest absolute Gasteiger partial charge is 0.497 e. The minimum atomic E-state index is -1.10. The van der Waals surface area contributed by atoms with Crippen LogP contribution in [0.3, 0.4) is 0 Å². The molecule has 3 unspecified atom stereocenters. The Bertz CT molecular complexity index is 478. The number of nitriles is 1. The van der Waals surface area contributed by atoms with E-state index >= 15 is 0 Å². The lowest BCUT2D eigenvalue weighted by Crippen LogP contribution is -2.23. The number of hydrogen-bond acceptors (Lipinski definition) is 3. The second-order valence-electron chi connectivity index (χ2n) is 4.88. The van der Waals surface area contributed by atoms with Crippen LogP contribution in [0.1, 0.15) is 32.1 Å². The highest BCUT2D eigenvalue weighted by Crippen LogP contribution is 2.30. The fraction of sp³-hybridized carbons (Fsp3) is 0.533. The molecule has 0 N–H and O–H groups in total. The first-order valence-electron chi connectivity index (χ1n) is 6.70. The van der Waals surface area contributed by atoms with E-state index in [9.17, 15) is 9.47 Å². The number of ether oxygens (including phenoxy) is 1. The lowest BCUT2D eigenvalue weighted by atomic mass is 10.0. The number of hydrogen-bond donors (Lipinski definition) is 0. The summed E-state index contributed by atoms with van der Waals surface area (Å²) in [5, 5.41) is 9.23. The molecule has 0 bridgehead atoms. The van der Waals surface area contributed by atoms with E-state index in [-0.39, 0.29) is 11.2 Å². The Morgan fingerprint density at radius 2 is 1.89 bits per heavy atom. The maximum atomic E-state index is 12.6. The zero-order chi connectivity index (χ0) is 13.7. The summed E-state index contributed by atoms with van der Waals surface area (Å²) >= 11 is 0. The molecule has 0 aromatic heterocycles. The van der Waals surface area contributed by atoms with E-state index in [2.05, 4.69) is 6.07 Å². The molecule has 2 rings (SSSR count). The summed E-state index contributed by atoms with van der Waals surface area (Å²) < 4.78 is 17.7. The van der Waals surface area contributed by atoms with Gasteiger partial charge in [-0.3, -0.25) is 4.21 Å². The number of methoxy groups -OCH3 is 1. The van der Waals surface area contributed by atoms with Gasteiger partial charge >= 0.3 is 0 Å². The molecule has 0 amide bonds. The summed E-state index contributed by atoms with van der Waals surface area (Å²) in [4.78, 5) is 0.799. The lowest BCUT2D eigenvalue weighted by molar-refractivity contribution is 0.414. The lowest BCUT2D eigenvalue weighted by Gasteiger charge is -2.18. The molecule has 3 nitrogen and oxygen atoms in total. The first-order valence-corrected chi connectivity index (χ1v) is 7.92. The van der Waals surface area contributed by atoms with Gasteiger partial charge in [0.2, 0.25) is 0 Å². The Morgan fingerprint density at radius 3 is 2.53 bits per heavy atom. The fourth-order valence-electron chi connectivity index (χ4n) is 2.56. The molecule has 0 aliphatic heterocycles. The van der Waals surface area contributed by atoms with Crippen molar-refractivity contribution in [3.8, 4) is 11.8 Å². The Hall–Kier alpha value is -1.34. The van der Waals surface area contributed by atoms with Crippen molar-refractivity contribution in [3.05, 3.63) is 24.3 Å². The fourth-order valence-corrected chi connectivity index (χ4v) is 4.19. The van der Waals surface area contributed by atoms with Gasteiger partial charge in [-0.15, -0.1) is 0 Å². The third-order valence-corrected chi connectivity index (χ3v) is 5.54. The van der Waals surface area contributed by atoms with Crippen LogP contribution in [-0.2, 0) is 10.8 Å². The molecule has 1 saturated carbocycles. The van der Waals surface area contributed by atoms with Gasteiger partial charge < -0.3 is 4.74 Å². The van der Waals surface area contributed by atoms with Crippen LogP contribution in [0, 0.1) is 17.2 Å². The van der Waals surface area contributed by atoms with E-state index in [1.807, 2.05) is 24.3 Å². The molecule has 0 spiro atoms. The SMILES string of the molecule is COc1ccc(S(=O)C2CCCCCC2C#N)cc1. The molecule has 1 aromatic carbocycles. The van der Waals surface area contributed by atoms with Gasteiger partial charge in [-0.05, 0) is 37.1 Å². The normalized spacial score (nSPS) is 25.1. The van der Waals surface area contributed by atoms with Gasteiger partial charge in [0, 0.05) is 4.90 Å². The van der Waals surface area contributed by atoms with Crippen LogP contribution in [-0.4, -0.2) is 16.6 Å². The second kappa shape index (κ2) is 6.72. The zero-order valence-corrected chi connectivity index (χ0v) is 12.0. The van der Waals surface area contributed by atoms with Crippen LogP contribution in [0.2, 0.25) is 0 Å². The topological polar surface area (TPSA) is 50.1 Å². The predicted molar refractivity (Wildman–Crippen MR) is 75.4 cm³/mol. The van der Waals surface area contributed by atoms with Crippen molar-refractivity contribution in [2.45, 2.75) is 42.2 Å². The van der Waals surface area contributed by atoms with Crippen molar-refractivity contribution in [1.82, 2.24) is 0 Å². The van der Waals surface area contributed by atoms with E-state index < -0.39 is 10.8 Å². The smallest absolute Gasteiger partial charge is 0.118 e. The van der Waals surface area contributed by atoms with Crippen molar-refractivity contribution in [2.24, 2.45) is 5.92 Å². The van der Waals surface area contributed by atoms with E-state index in [0.29, 0.717) is 0 Å². The van der Waals surface area contributed by atoms with Crippen LogP contribution in [0.15, 0.2) is 29.2 Å². The predicted octanol–water partition coefficient (Wildman–Crippen LogP) is 3.28. The molecule has 0 heterocycles. The molecular weight excluding hydrogens is 258 g/mol. The average Bonchev–Trinajstić information content (AvgIpc) is 2.71. The number of rotatable bonds is 3. The van der Waals surface area contributed by atoms with Gasteiger partial charge in [-0.1, -0.05) is 19.3 Å². The van der Waals surface area contributed by atoms with Crippen molar-refractivity contribution in [2.75, 3.05) is 7.11 Å². The molecule has 102 valence electrons.